The zero-order valence-electron chi connectivity index (χ0n) is 14.9. The lowest BCUT2D eigenvalue weighted by molar-refractivity contribution is -0.137. The van der Waals surface area contributed by atoms with Crippen molar-refractivity contribution in [3.05, 3.63) is 76.2 Å². The lowest BCUT2D eigenvalue weighted by Gasteiger charge is -2.14. The van der Waals surface area contributed by atoms with Gasteiger partial charge in [0.05, 0.1) is 17.3 Å². The molecular formula is C19H14F3N3O4. The Balaban J connectivity index is 1.99. The zero-order valence-corrected chi connectivity index (χ0v) is 14.9. The Kier molecular flexibility index (Phi) is 5.26. The molecule has 0 fully saturated rings. The van der Waals surface area contributed by atoms with Crippen LogP contribution in [0.25, 0.3) is 0 Å². The summed E-state index contributed by atoms with van der Waals surface area (Å²) in [5.41, 5.74) is -1.36. The van der Waals surface area contributed by atoms with Crippen molar-refractivity contribution >= 4 is 17.3 Å². The highest BCUT2D eigenvalue weighted by Gasteiger charge is 2.30. The van der Waals surface area contributed by atoms with Gasteiger partial charge in [-0.25, -0.2) is 9.48 Å². The van der Waals surface area contributed by atoms with Gasteiger partial charge in [0.15, 0.2) is 11.4 Å². The summed E-state index contributed by atoms with van der Waals surface area (Å²) in [4.78, 5) is 23.6. The van der Waals surface area contributed by atoms with Crippen LogP contribution in [0.15, 0.2) is 59.5 Å². The minimum Gasteiger partial charge on any atom is -0.478 e. The maximum absolute atomic E-state index is 12.9. The summed E-state index contributed by atoms with van der Waals surface area (Å²) < 4.78 is 45.2. The van der Waals surface area contributed by atoms with Gasteiger partial charge >= 0.3 is 12.1 Å². The number of hydrogen-bond donors (Lipinski definition) is 2. The molecule has 0 radical (unpaired) electrons. The van der Waals surface area contributed by atoms with Gasteiger partial charge in [0.2, 0.25) is 0 Å². The van der Waals surface area contributed by atoms with E-state index < -0.39 is 23.3 Å². The third-order valence-electron chi connectivity index (χ3n) is 3.87. The third-order valence-corrected chi connectivity index (χ3v) is 3.87. The molecular weight excluding hydrogens is 391 g/mol. The minimum atomic E-state index is -4.55. The van der Waals surface area contributed by atoms with Crippen LogP contribution in [0, 0.1) is 0 Å². The van der Waals surface area contributed by atoms with Crippen LogP contribution in [-0.4, -0.2) is 20.9 Å². The number of nitrogens with one attached hydrogen (secondary N) is 1. The molecule has 0 atom stereocenters. The number of carboxylic acid groups (broad SMARTS) is 1. The molecule has 1 aromatic heterocycles. The van der Waals surface area contributed by atoms with Crippen LogP contribution < -0.4 is 15.6 Å². The molecule has 0 unspecified atom stereocenters. The Morgan fingerprint density at radius 2 is 1.90 bits per heavy atom. The number of aromatic nitrogens is 2. The molecule has 7 nitrogen and oxygen atoms in total. The van der Waals surface area contributed by atoms with Crippen molar-refractivity contribution in [1.82, 2.24) is 9.78 Å². The van der Waals surface area contributed by atoms with Crippen LogP contribution in [0.1, 0.15) is 15.9 Å². The second-order valence-electron chi connectivity index (χ2n) is 5.95. The molecule has 0 aliphatic rings. The molecule has 150 valence electrons. The minimum absolute atomic E-state index is 0.0128. The molecule has 10 heteroatoms. The smallest absolute Gasteiger partial charge is 0.416 e. The summed E-state index contributed by atoms with van der Waals surface area (Å²) in [7, 11) is 1.38. The van der Waals surface area contributed by atoms with E-state index in [1.54, 1.807) is 0 Å². The number of aromatic carboxylic acids is 1. The van der Waals surface area contributed by atoms with E-state index >= 15 is 0 Å². The maximum atomic E-state index is 12.9. The quantitative estimate of drug-likeness (QED) is 0.666. The Hall–Kier alpha value is -3.82. The third kappa shape index (κ3) is 4.54. The normalized spacial score (nSPS) is 11.2. The summed E-state index contributed by atoms with van der Waals surface area (Å²) in [6, 6.07) is 9.86. The van der Waals surface area contributed by atoms with Crippen LogP contribution in [0.4, 0.5) is 24.5 Å². The van der Waals surface area contributed by atoms with Gasteiger partial charge in [0.1, 0.15) is 5.75 Å². The van der Waals surface area contributed by atoms with Crippen molar-refractivity contribution in [3.63, 3.8) is 0 Å². The number of anilines is 2. The number of halogens is 3. The number of aryl methyl sites for hydroxylation is 1. The fourth-order valence-corrected chi connectivity index (χ4v) is 2.45. The van der Waals surface area contributed by atoms with Gasteiger partial charge in [-0.1, -0.05) is 12.1 Å². The first-order chi connectivity index (χ1) is 13.6. The van der Waals surface area contributed by atoms with Crippen molar-refractivity contribution in [3.8, 4) is 11.5 Å². The van der Waals surface area contributed by atoms with Gasteiger partial charge in [-0.3, -0.25) is 4.79 Å². The first-order valence-corrected chi connectivity index (χ1v) is 8.17. The van der Waals surface area contributed by atoms with Crippen molar-refractivity contribution in [2.45, 2.75) is 6.18 Å². The van der Waals surface area contributed by atoms with Gasteiger partial charge in [0, 0.05) is 12.7 Å². The molecule has 3 rings (SSSR count). The maximum Gasteiger partial charge on any atom is 0.416 e. The topological polar surface area (TPSA) is 93.4 Å². The second kappa shape index (κ2) is 7.66. The number of nitrogens with zero attached hydrogens (tertiary/aromatic N) is 2. The van der Waals surface area contributed by atoms with Crippen LogP contribution in [0.5, 0.6) is 11.5 Å². The fraction of sp³-hybridized carbons (Fsp3) is 0.105. The number of benzene rings is 2. The number of ether oxygens (including phenoxy) is 1. The van der Waals surface area contributed by atoms with E-state index in [4.69, 9.17) is 9.84 Å². The van der Waals surface area contributed by atoms with Crippen molar-refractivity contribution in [2.24, 2.45) is 7.05 Å². The van der Waals surface area contributed by atoms with E-state index in [0.29, 0.717) is 0 Å². The molecule has 2 aromatic carbocycles. The standard InChI is InChI=1S/C19H14F3N3O4/c1-25-17(26)16(24-13-6-2-4-11(8-13)18(27)28)15(10-23-25)29-14-7-3-5-12(9-14)19(20,21)22/h2-10,24H,1H3,(H,27,28). The predicted molar refractivity (Wildman–Crippen MR) is 97.7 cm³/mol. The summed E-state index contributed by atoms with van der Waals surface area (Å²) in [5, 5.41) is 15.7. The Labute approximate surface area is 162 Å². The molecule has 2 N–H and O–H groups in total. The molecule has 0 saturated heterocycles. The molecule has 1 heterocycles. The van der Waals surface area contributed by atoms with E-state index in [9.17, 15) is 22.8 Å². The molecule has 0 aliphatic carbocycles. The highest BCUT2D eigenvalue weighted by atomic mass is 19.4. The number of rotatable bonds is 5. The van der Waals surface area contributed by atoms with Gasteiger partial charge in [-0.05, 0) is 36.4 Å². The first kappa shape index (κ1) is 19.9. The number of carbonyl (C=O) groups is 1. The SMILES string of the molecule is Cn1ncc(Oc2cccc(C(F)(F)F)c2)c(Nc2cccc(C(=O)O)c2)c1=O. The average molecular weight is 405 g/mol. The lowest BCUT2D eigenvalue weighted by atomic mass is 10.2. The van der Waals surface area contributed by atoms with Crippen LogP contribution >= 0.6 is 0 Å². The fourth-order valence-electron chi connectivity index (χ4n) is 2.45. The van der Waals surface area contributed by atoms with E-state index in [1.165, 1.54) is 49.6 Å². The Morgan fingerprint density at radius 1 is 1.17 bits per heavy atom. The first-order valence-electron chi connectivity index (χ1n) is 8.17. The predicted octanol–water partition coefficient (Wildman–Crippen LogP) is 4.03. The van der Waals surface area contributed by atoms with E-state index in [2.05, 4.69) is 10.4 Å². The molecule has 0 saturated carbocycles. The van der Waals surface area contributed by atoms with Crippen LogP contribution in [0.3, 0.4) is 0 Å². The average Bonchev–Trinajstić information content (AvgIpc) is 2.67. The molecule has 0 amide bonds. The van der Waals surface area contributed by atoms with Crippen molar-refractivity contribution < 1.29 is 27.8 Å². The van der Waals surface area contributed by atoms with E-state index in [1.807, 2.05) is 0 Å². The van der Waals surface area contributed by atoms with Crippen molar-refractivity contribution in [1.29, 1.82) is 0 Å². The molecule has 0 spiro atoms. The number of alkyl halides is 3. The summed E-state index contributed by atoms with van der Waals surface area (Å²) in [5.74, 6) is -1.41. The molecule has 3 aromatic rings. The molecule has 0 bridgehead atoms. The number of carboxylic acids is 1. The van der Waals surface area contributed by atoms with E-state index in [0.717, 1.165) is 16.8 Å². The highest BCUT2D eigenvalue weighted by Crippen LogP contribution is 2.34. The van der Waals surface area contributed by atoms with Gasteiger partial charge in [0.25, 0.3) is 5.56 Å². The molecule has 29 heavy (non-hydrogen) atoms. The Morgan fingerprint density at radius 3 is 2.59 bits per heavy atom. The van der Waals surface area contributed by atoms with Gasteiger partial charge in [-0.2, -0.15) is 18.3 Å². The van der Waals surface area contributed by atoms with E-state index in [-0.39, 0.29) is 28.4 Å². The second-order valence-corrected chi connectivity index (χ2v) is 5.95. The largest absolute Gasteiger partial charge is 0.478 e. The Bertz CT molecular complexity index is 1130. The summed E-state index contributed by atoms with van der Waals surface area (Å²) in [6.07, 6.45) is -3.38. The van der Waals surface area contributed by atoms with Crippen LogP contribution in [0.2, 0.25) is 0 Å². The summed E-state index contributed by atoms with van der Waals surface area (Å²) in [6.45, 7) is 0. The highest BCUT2D eigenvalue weighted by molar-refractivity contribution is 5.89. The molecule has 0 aliphatic heterocycles. The zero-order chi connectivity index (χ0) is 21.2. The summed E-state index contributed by atoms with van der Waals surface area (Å²) >= 11 is 0. The van der Waals surface area contributed by atoms with Crippen LogP contribution in [-0.2, 0) is 13.2 Å². The lowest BCUT2D eigenvalue weighted by Crippen LogP contribution is -2.22. The van der Waals surface area contributed by atoms with Crippen molar-refractivity contribution in [2.75, 3.05) is 5.32 Å². The van der Waals surface area contributed by atoms with Gasteiger partial charge in [-0.15, -0.1) is 0 Å². The van der Waals surface area contributed by atoms with Gasteiger partial charge < -0.3 is 15.2 Å². The monoisotopic (exact) mass is 405 g/mol. The number of hydrogen-bond acceptors (Lipinski definition) is 5.